The quantitative estimate of drug-likeness (QED) is 0.250. The third kappa shape index (κ3) is 5.33. The lowest BCUT2D eigenvalue weighted by molar-refractivity contribution is 0.328. The number of hydrogen-bond acceptors (Lipinski definition) is 4. The van der Waals surface area contributed by atoms with Gasteiger partial charge < -0.3 is 9.72 Å². The second-order valence-corrected chi connectivity index (χ2v) is 13.4. The van der Waals surface area contributed by atoms with Crippen LogP contribution >= 0.6 is 10.2 Å². The van der Waals surface area contributed by atoms with Crippen molar-refractivity contribution in [1.29, 1.82) is 0 Å². The van der Waals surface area contributed by atoms with E-state index in [2.05, 4.69) is 10.3 Å². The third-order valence-corrected chi connectivity index (χ3v) is 9.49. The summed E-state index contributed by atoms with van der Waals surface area (Å²) in [6, 6.07) is 9.60. The fourth-order valence-corrected chi connectivity index (χ4v) is 6.57. The van der Waals surface area contributed by atoms with E-state index in [1.807, 2.05) is 0 Å². The second kappa shape index (κ2) is 8.38. The van der Waals surface area contributed by atoms with E-state index in [0.717, 1.165) is 22.5 Å². The molecule has 0 atom stereocenters. The molecule has 38 heavy (non-hydrogen) atoms. The van der Waals surface area contributed by atoms with Gasteiger partial charge in [-0.2, -0.15) is 4.31 Å². The SMILES string of the molecule is O=S(=O)(c1ccc(-c2ccc3nccn3c2)cc1F)N1CCC(Nc2ccc(S(F)(F)(F)(F)F)cc2)CC1. The molecule has 5 rings (SSSR count). The minimum atomic E-state index is -9.75. The van der Waals surface area contributed by atoms with Crippen molar-refractivity contribution in [2.75, 3.05) is 18.4 Å². The predicted octanol–water partition coefficient (Wildman–Crippen LogP) is 7.06. The van der Waals surface area contributed by atoms with Crippen LogP contribution in [0.25, 0.3) is 16.8 Å². The lowest BCUT2D eigenvalue weighted by atomic mass is 10.1. The minimum Gasteiger partial charge on any atom is -0.382 e. The van der Waals surface area contributed by atoms with E-state index >= 15 is 4.39 Å². The Morgan fingerprint density at radius 2 is 1.55 bits per heavy atom. The second-order valence-electron chi connectivity index (χ2n) is 9.07. The molecule has 3 heterocycles. The summed E-state index contributed by atoms with van der Waals surface area (Å²) in [6.45, 7) is 0.0874. The highest BCUT2D eigenvalue weighted by Gasteiger charge is 2.65. The van der Waals surface area contributed by atoms with Crippen LogP contribution in [0.1, 0.15) is 12.8 Å². The van der Waals surface area contributed by atoms with Crippen molar-refractivity contribution < 1.29 is 32.2 Å². The lowest BCUT2D eigenvalue weighted by Crippen LogP contribution is -2.42. The summed E-state index contributed by atoms with van der Waals surface area (Å²) in [4.78, 5) is 1.71. The van der Waals surface area contributed by atoms with Crippen molar-refractivity contribution >= 4 is 31.6 Å². The molecule has 0 bridgehead atoms. The number of aromatic nitrogens is 2. The van der Waals surface area contributed by atoms with Crippen LogP contribution in [-0.2, 0) is 10.0 Å². The first kappa shape index (κ1) is 26.4. The number of hydrogen-bond donors (Lipinski definition) is 1. The number of imidazole rings is 1. The van der Waals surface area contributed by atoms with Gasteiger partial charge in [0.1, 0.15) is 21.3 Å². The Morgan fingerprint density at radius 3 is 2.18 bits per heavy atom. The van der Waals surface area contributed by atoms with Crippen LogP contribution in [-0.4, -0.2) is 41.2 Å². The maximum atomic E-state index is 15.0. The van der Waals surface area contributed by atoms with Gasteiger partial charge >= 0.3 is 10.2 Å². The Morgan fingerprint density at radius 1 is 0.895 bits per heavy atom. The van der Waals surface area contributed by atoms with Crippen molar-refractivity contribution in [3.63, 3.8) is 0 Å². The topological polar surface area (TPSA) is 66.7 Å². The fraction of sp³-hybridized carbons (Fsp3) is 0.208. The molecule has 0 saturated carbocycles. The molecule has 0 spiro atoms. The van der Waals surface area contributed by atoms with Crippen molar-refractivity contribution in [1.82, 2.24) is 13.7 Å². The van der Waals surface area contributed by atoms with E-state index in [4.69, 9.17) is 0 Å². The van der Waals surface area contributed by atoms with E-state index in [9.17, 15) is 27.8 Å². The minimum absolute atomic E-state index is 0.0437. The van der Waals surface area contributed by atoms with E-state index in [0.29, 0.717) is 28.9 Å². The largest absolute Gasteiger partial charge is 0.382 e. The molecular formula is C24H22F6N4O2S2. The van der Waals surface area contributed by atoms with Gasteiger partial charge in [0.15, 0.2) is 0 Å². The van der Waals surface area contributed by atoms with Crippen LogP contribution in [0.15, 0.2) is 83.0 Å². The number of fused-ring (bicyclic) bond motifs is 1. The highest BCUT2D eigenvalue weighted by Crippen LogP contribution is 3.02. The average molecular weight is 577 g/mol. The molecule has 204 valence electrons. The van der Waals surface area contributed by atoms with Gasteiger partial charge in [-0.1, -0.05) is 25.5 Å². The third-order valence-electron chi connectivity index (χ3n) is 6.40. The van der Waals surface area contributed by atoms with Gasteiger partial charge in [-0.05, 0) is 72.5 Å². The molecule has 1 saturated heterocycles. The first-order valence-electron chi connectivity index (χ1n) is 11.4. The number of nitrogens with zero attached hydrogens (tertiary/aromatic N) is 3. The number of piperidine rings is 1. The maximum Gasteiger partial charge on any atom is 0.310 e. The van der Waals surface area contributed by atoms with Gasteiger partial charge in [-0.3, -0.25) is 0 Å². The number of pyridine rings is 1. The summed E-state index contributed by atoms with van der Waals surface area (Å²) in [5.74, 6) is -0.891. The zero-order chi connectivity index (χ0) is 27.4. The van der Waals surface area contributed by atoms with Gasteiger partial charge in [-0.15, -0.1) is 0 Å². The molecule has 2 aromatic heterocycles. The van der Waals surface area contributed by atoms with E-state index < -0.39 is 35.9 Å². The van der Waals surface area contributed by atoms with E-state index in [1.165, 1.54) is 12.1 Å². The Bertz CT molecular complexity index is 1620. The van der Waals surface area contributed by atoms with Crippen molar-refractivity contribution in [3.05, 3.63) is 79.0 Å². The average Bonchev–Trinajstić information content (AvgIpc) is 3.31. The molecule has 1 fully saturated rings. The molecule has 0 aliphatic carbocycles. The van der Waals surface area contributed by atoms with Gasteiger partial charge in [0.05, 0.1) is 0 Å². The Balaban J connectivity index is 1.25. The number of nitrogens with one attached hydrogen (secondary N) is 1. The summed E-state index contributed by atoms with van der Waals surface area (Å²) in [6.07, 6.45) is 5.69. The van der Waals surface area contributed by atoms with Gasteiger partial charge in [0.25, 0.3) is 0 Å². The van der Waals surface area contributed by atoms with Crippen LogP contribution in [0.5, 0.6) is 0 Å². The lowest BCUT2D eigenvalue weighted by Gasteiger charge is -2.40. The predicted molar refractivity (Wildman–Crippen MR) is 134 cm³/mol. The molecule has 1 aliphatic heterocycles. The summed E-state index contributed by atoms with van der Waals surface area (Å²) in [5.41, 5.74) is 2.09. The molecule has 4 aromatic rings. The fourth-order valence-electron chi connectivity index (χ4n) is 4.40. The molecule has 14 heteroatoms. The number of halogens is 6. The molecule has 1 N–H and O–H groups in total. The first-order valence-corrected chi connectivity index (χ1v) is 14.8. The number of rotatable bonds is 6. The first-order chi connectivity index (χ1) is 17.6. The summed E-state index contributed by atoms with van der Waals surface area (Å²) >= 11 is 0. The summed E-state index contributed by atoms with van der Waals surface area (Å²) in [5, 5.41) is 2.94. The molecule has 0 amide bonds. The van der Waals surface area contributed by atoms with Crippen LogP contribution in [0.4, 0.5) is 29.5 Å². The van der Waals surface area contributed by atoms with Crippen molar-refractivity contribution in [2.45, 2.75) is 28.7 Å². The number of benzene rings is 2. The maximum absolute atomic E-state index is 15.0. The molecule has 0 unspecified atom stereocenters. The number of sulfonamides is 1. The van der Waals surface area contributed by atoms with E-state index in [1.54, 1.807) is 35.1 Å². The zero-order valence-electron chi connectivity index (χ0n) is 19.6. The summed E-state index contributed by atoms with van der Waals surface area (Å²) < 4.78 is 109. The van der Waals surface area contributed by atoms with Gasteiger partial charge in [0, 0.05) is 43.4 Å². The highest BCUT2D eigenvalue weighted by atomic mass is 32.5. The van der Waals surface area contributed by atoms with Crippen molar-refractivity contribution in [2.24, 2.45) is 0 Å². The Kier molecular flexibility index (Phi) is 5.82. The molecular weight excluding hydrogens is 554 g/mol. The standard InChI is InChI=1S/C24H22F6N4O2S2/c25-22-15-17(18-2-8-24-31-11-14-33(24)16-18)1-7-23(22)37(35,36)34-12-9-20(10-13-34)32-19-3-5-21(6-4-19)38(26,27,28,29)30/h1-8,11,14-16,20,32H,9-10,12-13H2. The Labute approximate surface area is 214 Å². The molecule has 6 nitrogen and oxygen atoms in total. The van der Waals surface area contributed by atoms with Crippen LogP contribution in [0.2, 0.25) is 0 Å². The molecule has 2 aromatic carbocycles. The molecule has 0 radical (unpaired) electrons. The normalized spacial score (nSPS) is 17.7. The van der Waals surface area contributed by atoms with Crippen LogP contribution < -0.4 is 5.32 Å². The van der Waals surface area contributed by atoms with E-state index in [-0.39, 0.29) is 37.7 Å². The number of anilines is 1. The monoisotopic (exact) mass is 576 g/mol. The summed E-state index contributed by atoms with van der Waals surface area (Å²) in [7, 11) is -13.9. The highest BCUT2D eigenvalue weighted by molar-refractivity contribution is 8.45. The van der Waals surface area contributed by atoms with Gasteiger partial charge in [0.2, 0.25) is 10.0 Å². The Hall–Kier alpha value is -3.23. The zero-order valence-corrected chi connectivity index (χ0v) is 21.2. The van der Waals surface area contributed by atoms with Gasteiger partial charge in [-0.25, -0.2) is 17.8 Å². The van der Waals surface area contributed by atoms with Crippen LogP contribution in [0, 0.1) is 5.82 Å². The van der Waals surface area contributed by atoms with Crippen LogP contribution in [0.3, 0.4) is 0 Å². The smallest absolute Gasteiger partial charge is 0.310 e. The molecule has 1 aliphatic rings. The van der Waals surface area contributed by atoms with Crippen molar-refractivity contribution in [3.8, 4) is 11.1 Å².